The molecule has 184 valence electrons. The summed E-state index contributed by atoms with van der Waals surface area (Å²) in [5.41, 5.74) is 0.122. The highest BCUT2D eigenvalue weighted by Crippen LogP contribution is 2.51. The summed E-state index contributed by atoms with van der Waals surface area (Å²) in [7, 11) is 1.79. The van der Waals surface area contributed by atoms with E-state index in [9.17, 15) is 24.6 Å². The second-order valence-corrected chi connectivity index (χ2v) is 11.3. The zero-order valence-corrected chi connectivity index (χ0v) is 20.5. The largest absolute Gasteiger partial charge is 0.477 e. The quantitative estimate of drug-likeness (QED) is 0.428. The van der Waals surface area contributed by atoms with Crippen molar-refractivity contribution in [2.45, 2.75) is 50.5 Å². The van der Waals surface area contributed by atoms with E-state index in [-0.39, 0.29) is 29.5 Å². The van der Waals surface area contributed by atoms with Gasteiger partial charge in [-0.3, -0.25) is 9.59 Å². The van der Waals surface area contributed by atoms with Crippen LogP contribution in [-0.2, 0) is 14.4 Å². The van der Waals surface area contributed by atoms with Crippen molar-refractivity contribution in [3.63, 3.8) is 0 Å². The number of amides is 2. The topological polar surface area (TPSA) is 113 Å². The fraction of sp³-hybridized carbons (Fsp3) is 0.783. The van der Waals surface area contributed by atoms with Crippen LogP contribution in [0, 0.1) is 17.8 Å². The van der Waals surface area contributed by atoms with Gasteiger partial charge in [-0.05, 0) is 45.7 Å². The second-order valence-electron chi connectivity index (χ2n) is 9.91. The molecule has 9 nitrogen and oxygen atoms in total. The van der Waals surface area contributed by atoms with E-state index in [4.69, 9.17) is 0 Å². The zero-order valence-electron chi connectivity index (χ0n) is 19.7. The summed E-state index contributed by atoms with van der Waals surface area (Å²) in [5, 5.41) is 23.1. The van der Waals surface area contributed by atoms with Gasteiger partial charge in [0.2, 0.25) is 11.8 Å². The molecule has 2 amide bonds. The van der Waals surface area contributed by atoms with Gasteiger partial charge in [-0.1, -0.05) is 6.92 Å². The Balaban J connectivity index is 1.32. The Kier molecular flexibility index (Phi) is 7.38. The SMILES string of the molecule is CNCC(=O)N1CCC(CN2CC[C@@H](SC3=C(C(=O)O)N4C(=O)[C@H](C(C)O)[C@H]4[C@H]3C)C2)CC1. The molecule has 4 aliphatic heterocycles. The van der Waals surface area contributed by atoms with Gasteiger partial charge in [-0.2, -0.15) is 0 Å². The van der Waals surface area contributed by atoms with Crippen molar-refractivity contribution in [1.82, 2.24) is 20.0 Å². The molecule has 3 saturated heterocycles. The number of aliphatic carboxylic acids is 1. The highest BCUT2D eigenvalue weighted by Gasteiger charge is 2.60. The molecule has 0 bridgehead atoms. The van der Waals surface area contributed by atoms with Gasteiger partial charge in [0.05, 0.1) is 24.6 Å². The van der Waals surface area contributed by atoms with Crippen molar-refractivity contribution in [2.75, 3.05) is 46.3 Å². The number of β-lactam (4-membered cyclic amide) rings is 1. The number of carbonyl (C=O) groups is 3. The molecule has 33 heavy (non-hydrogen) atoms. The maximum Gasteiger partial charge on any atom is 0.353 e. The highest BCUT2D eigenvalue weighted by molar-refractivity contribution is 8.03. The third kappa shape index (κ3) is 4.67. The van der Waals surface area contributed by atoms with Gasteiger partial charge in [0, 0.05) is 42.3 Å². The summed E-state index contributed by atoms with van der Waals surface area (Å²) in [4.78, 5) is 43.2. The number of carboxylic acids is 1. The van der Waals surface area contributed by atoms with Crippen LogP contribution in [0.5, 0.6) is 0 Å². The van der Waals surface area contributed by atoms with E-state index < -0.39 is 18.0 Å². The van der Waals surface area contributed by atoms with Crippen LogP contribution in [0.2, 0.25) is 0 Å². The van der Waals surface area contributed by atoms with Crippen molar-refractivity contribution in [1.29, 1.82) is 0 Å². The third-order valence-corrected chi connectivity index (χ3v) is 9.18. The molecular formula is C23H36N4O5S. The molecule has 1 unspecified atom stereocenters. The molecule has 4 rings (SSSR count). The van der Waals surface area contributed by atoms with Gasteiger partial charge in [0.1, 0.15) is 5.70 Å². The summed E-state index contributed by atoms with van der Waals surface area (Å²) in [6.45, 7) is 8.53. The van der Waals surface area contributed by atoms with E-state index in [1.165, 1.54) is 4.90 Å². The van der Waals surface area contributed by atoms with E-state index in [0.29, 0.717) is 17.7 Å². The Labute approximate surface area is 199 Å². The molecule has 0 aliphatic carbocycles. The maximum absolute atomic E-state index is 12.5. The molecule has 5 atom stereocenters. The lowest BCUT2D eigenvalue weighted by molar-refractivity contribution is -0.163. The van der Waals surface area contributed by atoms with Crippen LogP contribution in [-0.4, -0.2) is 106 Å². The predicted octanol–water partition coefficient (Wildman–Crippen LogP) is 0.406. The lowest BCUT2D eigenvalue weighted by Gasteiger charge is -2.46. The van der Waals surface area contributed by atoms with Gasteiger partial charge in [-0.15, -0.1) is 11.8 Å². The Morgan fingerprint density at radius 2 is 1.91 bits per heavy atom. The number of hydrogen-bond acceptors (Lipinski definition) is 7. The number of piperidine rings is 1. The fourth-order valence-corrected chi connectivity index (χ4v) is 7.43. The van der Waals surface area contributed by atoms with Gasteiger partial charge in [-0.25, -0.2) is 4.79 Å². The van der Waals surface area contributed by atoms with E-state index in [0.717, 1.165) is 56.9 Å². The number of aliphatic hydroxyl groups excluding tert-OH is 1. The summed E-state index contributed by atoms with van der Waals surface area (Å²) < 4.78 is 0. The number of thioether (sulfide) groups is 1. The first kappa shape index (κ1) is 24.5. The minimum absolute atomic E-state index is 0.0769. The van der Waals surface area contributed by atoms with Crippen LogP contribution in [0.15, 0.2) is 10.6 Å². The number of carbonyl (C=O) groups excluding carboxylic acids is 2. The molecule has 0 spiro atoms. The van der Waals surface area contributed by atoms with Crippen LogP contribution in [0.1, 0.15) is 33.1 Å². The second kappa shape index (κ2) is 9.93. The first-order chi connectivity index (χ1) is 15.7. The van der Waals surface area contributed by atoms with E-state index in [1.807, 2.05) is 11.8 Å². The van der Waals surface area contributed by atoms with Crippen LogP contribution >= 0.6 is 11.8 Å². The summed E-state index contributed by atoms with van der Waals surface area (Å²) in [6.07, 6.45) is 2.26. The number of rotatable bonds is 8. The van der Waals surface area contributed by atoms with Crippen molar-refractivity contribution in [3.05, 3.63) is 10.6 Å². The summed E-state index contributed by atoms with van der Waals surface area (Å²) >= 11 is 1.62. The Morgan fingerprint density at radius 1 is 1.21 bits per heavy atom. The number of likely N-dealkylation sites (N-methyl/N-ethyl adjacent to an activating group) is 1. The van der Waals surface area contributed by atoms with Crippen molar-refractivity contribution < 1.29 is 24.6 Å². The van der Waals surface area contributed by atoms with Gasteiger partial charge in [0.25, 0.3) is 0 Å². The predicted molar refractivity (Wildman–Crippen MR) is 125 cm³/mol. The average molecular weight is 481 g/mol. The number of hydrogen-bond donors (Lipinski definition) is 3. The molecule has 10 heteroatoms. The number of carboxylic acid groups (broad SMARTS) is 1. The van der Waals surface area contributed by atoms with Crippen LogP contribution < -0.4 is 5.32 Å². The summed E-state index contributed by atoms with van der Waals surface area (Å²) in [5.74, 6) is -1.17. The highest BCUT2D eigenvalue weighted by atomic mass is 32.2. The number of fused-ring (bicyclic) bond motifs is 1. The molecule has 4 aliphatic rings. The van der Waals surface area contributed by atoms with Crippen LogP contribution in [0.3, 0.4) is 0 Å². The number of likely N-dealkylation sites (tertiary alicyclic amines) is 2. The Hall–Kier alpha value is -1.62. The molecule has 0 aromatic heterocycles. The number of aliphatic hydroxyl groups is 1. The average Bonchev–Trinajstić information content (AvgIpc) is 3.29. The minimum Gasteiger partial charge on any atom is -0.477 e. The van der Waals surface area contributed by atoms with Gasteiger partial charge >= 0.3 is 5.97 Å². The van der Waals surface area contributed by atoms with E-state index >= 15 is 0 Å². The summed E-state index contributed by atoms with van der Waals surface area (Å²) in [6, 6.07) is -0.251. The normalized spacial score (nSPS) is 31.7. The molecule has 0 aromatic carbocycles. The first-order valence-electron chi connectivity index (χ1n) is 12.0. The Morgan fingerprint density at radius 3 is 2.52 bits per heavy atom. The molecule has 4 heterocycles. The Bertz CT molecular complexity index is 826. The van der Waals surface area contributed by atoms with E-state index in [1.54, 1.807) is 25.7 Å². The first-order valence-corrected chi connectivity index (χ1v) is 12.9. The van der Waals surface area contributed by atoms with Gasteiger partial charge < -0.3 is 30.2 Å². The monoisotopic (exact) mass is 480 g/mol. The molecule has 3 N–H and O–H groups in total. The van der Waals surface area contributed by atoms with Crippen molar-refractivity contribution in [2.24, 2.45) is 17.8 Å². The third-order valence-electron chi connectivity index (χ3n) is 7.65. The number of nitrogens with zero attached hydrogens (tertiary/aromatic N) is 3. The molecule has 0 saturated carbocycles. The molecule has 0 radical (unpaired) electrons. The van der Waals surface area contributed by atoms with Gasteiger partial charge in [0.15, 0.2) is 0 Å². The maximum atomic E-state index is 12.5. The minimum atomic E-state index is -1.06. The fourth-order valence-electron chi connectivity index (χ4n) is 5.91. The lowest BCUT2D eigenvalue weighted by atomic mass is 9.79. The molecule has 0 aromatic rings. The molecular weight excluding hydrogens is 444 g/mol. The smallest absolute Gasteiger partial charge is 0.353 e. The standard InChI is InChI=1S/C23H36N4O5S/c1-13-19-18(14(2)28)22(30)27(19)20(23(31)32)21(13)33-16-6-7-25(12-16)11-15-4-8-26(9-5-15)17(29)10-24-3/h13-16,18-19,24,28H,4-12H2,1-3H3,(H,31,32)/t13-,14?,16-,18-,19-/m1/s1. The van der Waals surface area contributed by atoms with Crippen LogP contribution in [0.4, 0.5) is 0 Å². The van der Waals surface area contributed by atoms with Crippen molar-refractivity contribution >= 4 is 29.5 Å². The lowest BCUT2D eigenvalue weighted by Crippen LogP contribution is -2.63. The zero-order chi connectivity index (χ0) is 23.9. The van der Waals surface area contributed by atoms with E-state index in [2.05, 4.69) is 10.2 Å². The van der Waals surface area contributed by atoms with Crippen molar-refractivity contribution in [3.8, 4) is 0 Å². The number of nitrogens with one attached hydrogen (secondary N) is 1. The van der Waals surface area contributed by atoms with Crippen LogP contribution in [0.25, 0.3) is 0 Å². The molecule has 3 fully saturated rings.